The molecule has 4 heteroatoms. The van der Waals surface area contributed by atoms with Crippen molar-refractivity contribution >= 4 is 0 Å². The average molecular weight is 443 g/mol. The molecule has 0 aliphatic heterocycles. The van der Waals surface area contributed by atoms with Crippen molar-refractivity contribution in [1.29, 1.82) is 0 Å². The van der Waals surface area contributed by atoms with Crippen LogP contribution >= 0.6 is 0 Å². The Kier molecular flexibility index (Phi) is 27.3. The lowest BCUT2D eigenvalue weighted by Crippen LogP contribution is -2.33. The van der Waals surface area contributed by atoms with Crippen LogP contribution in [-0.2, 0) is 9.47 Å². The van der Waals surface area contributed by atoms with Gasteiger partial charge in [0.2, 0.25) is 0 Å². The number of nitrogens with zero attached hydrogens (tertiary/aromatic N) is 1. The van der Waals surface area contributed by atoms with Crippen LogP contribution in [0.2, 0.25) is 0 Å². The third-order valence-corrected chi connectivity index (χ3v) is 5.05. The zero-order chi connectivity index (χ0) is 23.7. The summed E-state index contributed by atoms with van der Waals surface area (Å²) < 4.78 is 11.2. The number of hydrogen-bond acceptors (Lipinski definition) is 4. The van der Waals surface area contributed by atoms with E-state index >= 15 is 0 Å². The van der Waals surface area contributed by atoms with Gasteiger partial charge in [0.05, 0.1) is 0 Å². The molecule has 4 nitrogen and oxygen atoms in total. The topological polar surface area (TPSA) is 33.7 Å². The Labute approximate surface area is 196 Å². The highest BCUT2D eigenvalue weighted by Crippen LogP contribution is 2.05. The second kappa shape index (κ2) is 25.8. The first-order valence-corrected chi connectivity index (χ1v) is 13.1. The van der Waals surface area contributed by atoms with Crippen LogP contribution in [0.1, 0.15) is 93.4 Å². The maximum atomic E-state index is 5.67. The smallest absolute Gasteiger partial charge is 0.0478 e. The van der Waals surface area contributed by atoms with Crippen LogP contribution in [0.25, 0.3) is 0 Å². The van der Waals surface area contributed by atoms with Crippen molar-refractivity contribution in [1.82, 2.24) is 10.2 Å². The Hall–Kier alpha value is -0.420. The maximum absolute atomic E-state index is 5.67. The summed E-state index contributed by atoms with van der Waals surface area (Å²) in [5.41, 5.74) is 0. The van der Waals surface area contributed by atoms with Crippen molar-refractivity contribution in [3.05, 3.63) is 12.7 Å². The van der Waals surface area contributed by atoms with Crippen molar-refractivity contribution in [2.24, 2.45) is 11.8 Å². The molecule has 0 radical (unpaired) electrons. The minimum absolute atomic E-state index is 0.663. The summed E-state index contributed by atoms with van der Waals surface area (Å²) in [6, 6.07) is 0.663. The molecule has 0 spiro atoms. The van der Waals surface area contributed by atoms with E-state index in [2.05, 4.69) is 65.3 Å². The van der Waals surface area contributed by atoms with Gasteiger partial charge in [0.25, 0.3) is 0 Å². The van der Waals surface area contributed by atoms with Gasteiger partial charge in [-0.2, -0.15) is 0 Å². The Morgan fingerprint density at radius 2 is 1.29 bits per heavy atom. The van der Waals surface area contributed by atoms with E-state index in [1.165, 1.54) is 51.6 Å². The van der Waals surface area contributed by atoms with Gasteiger partial charge in [-0.1, -0.05) is 40.7 Å². The molecule has 0 rings (SSSR count). The average Bonchev–Trinajstić information content (AvgIpc) is 2.71. The quantitative estimate of drug-likeness (QED) is 0.161. The van der Waals surface area contributed by atoms with Gasteiger partial charge in [0.1, 0.15) is 0 Å². The Balaban J connectivity index is 0. The maximum Gasteiger partial charge on any atom is 0.0478 e. The molecule has 0 aliphatic carbocycles. The largest absolute Gasteiger partial charge is 0.381 e. The van der Waals surface area contributed by atoms with E-state index in [0.29, 0.717) is 6.04 Å². The Bertz CT molecular complexity index is 346. The summed E-state index contributed by atoms with van der Waals surface area (Å²) >= 11 is 0. The third kappa shape index (κ3) is 29.6. The van der Waals surface area contributed by atoms with Crippen LogP contribution in [-0.4, -0.2) is 63.5 Å². The minimum atomic E-state index is 0.663. The molecule has 0 aromatic rings. The van der Waals surface area contributed by atoms with Crippen LogP contribution in [0.5, 0.6) is 0 Å². The summed E-state index contributed by atoms with van der Waals surface area (Å²) in [6.45, 7) is 27.4. The molecule has 0 saturated heterocycles. The fourth-order valence-electron chi connectivity index (χ4n) is 3.18. The van der Waals surface area contributed by atoms with Gasteiger partial charge in [-0.25, -0.2) is 0 Å². The van der Waals surface area contributed by atoms with E-state index in [9.17, 15) is 0 Å². The van der Waals surface area contributed by atoms with Crippen LogP contribution in [0.4, 0.5) is 0 Å². The van der Waals surface area contributed by atoms with Crippen LogP contribution in [0.3, 0.4) is 0 Å². The first-order chi connectivity index (χ1) is 14.8. The van der Waals surface area contributed by atoms with E-state index in [-0.39, 0.29) is 0 Å². The van der Waals surface area contributed by atoms with Gasteiger partial charge < -0.3 is 19.7 Å². The lowest BCUT2D eigenvalue weighted by molar-refractivity contribution is 0.110. The summed E-state index contributed by atoms with van der Waals surface area (Å²) in [5.74, 6) is 1.60. The molecule has 0 aliphatic rings. The predicted octanol–water partition coefficient (Wildman–Crippen LogP) is 6.55. The number of rotatable bonds is 21. The number of nitrogens with one attached hydrogen (secondary N) is 1. The summed E-state index contributed by atoms with van der Waals surface area (Å²) in [4.78, 5) is 2.54. The summed E-state index contributed by atoms with van der Waals surface area (Å²) in [5, 5.41) is 3.25. The highest BCUT2D eigenvalue weighted by atomic mass is 16.5. The van der Waals surface area contributed by atoms with Crippen molar-refractivity contribution in [2.75, 3.05) is 52.6 Å². The van der Waals surface area contributed by atoms with E-state index in [1.54, 1.807) is 0 Å². The predicted molar refractivity (Wildman–Crippen MR) is 139 cm³/mol. The molecule has 0 saturated carbocycles. The summed E-state index contributed by atoms with van der Waals surface area (Å²) in [6.07, 6.45) is 10.3. The Morgan fingerprint density at radius 1 is 0.774 bits per heavy atom. The molecule has 188 valence electrons. The number of hydrogen-bond donors (Lipinski definition) is 1. The molecule has 31 heavy (non-hydrogen) atoms. The van der Waals surface area contributed by atoms with E-state index < -0.39 is 0 Å². The molecule has 0 fully saturated rings. The molecule has 0 amide bonds. The lowest BCUT2D eigenvalue weighted by Gasteiger charge is -2.25. The van der Waals surface area contributed by atoms with E-state index in [0.717, 1.165) is 57.8 Å². The Morgan fingerprint density at radius 3 is 1.74 bits per heavy atom. The van der Waals surface area contributed by atoms with Gasteiger partial charge in [0.15, 0.2) is 0 Å². The molecule has 0 bridgehead atoms. The molecule has 0 heterocycles. The van der Waals surface area contributed by atoms with Gasteiger partial charge in [-0.05, 0) is 83.7 Å². The molecule has 0 unspecified atom stereocenters. The van der Waals surface area contributed by atoms with Crippen molar-refractivity contribution < 1.29 is 9.47 Å². The van der Waals surface area contributed by atoms with Gasteiger partial charge in [-0.15, -0.1) is 6.58 Å². The second-order valence-corrected chi connectivity index (χ2v) is 9.63. The van der Waals surface area contributed by atoms with Crippen LogP contribution in [0.15, 0.2) is 12.7 Å². The zero-order valence-electron chi connectivity index (χ0n) is 22.4. The van der Waals surface area contributed by atoms with Gasteiger partial charge in [-0.3, -0.25) is 0 Å². The van der Waals surface area contributed by atoms with Crippen molar-refractivity contribution in [3.8, 4) is 0 Å². The standard InChI is InChI=1S/C15H33NO.C12H25NO/c1-6-10-16(15(4)5)11-8-13-17-12-7-9-14(2)3;1-4-8-13-9-6-11-14-10-5-7-12(2)3/h14-15H,6-13H2,1-5H3;4,12-13H,1,5-11H2,2-3H3. The minimum Gasteiger partial charge on any atom is -0.381 e. The fourth-order valence-corrected chi connectivity index (χ4v) is 3.18. The fraction of sp³-hybridized carbons (Fsp3) is 0.926. The summed E-state index contributed by atoms with van der Waals surface area (Å²) in [7, 11) is 0. The first kappa shape index (κ1) is 32.8. The molecular formula is C27H58N2O2. The zero-order valence-corrected chi connectivity index (χ0v) is 22.4. The highest BCUT2D eigenvalue weighted by Gasteiger charge is 2.07. The molecule has 0 aromatic heterocycles. The third-order valence-electron chi connectivity index (χ3n) is 5.05. The highest BCUT2D eigenvalue weighted by molar-refractivity contribution is 4.69. The first-order valence-electron chi connectivity index (χ1n) is 13.1. The van der Waals surface area contributed by atoms with Crippen molar-refractivity contribution in [3.63, 3.8) is 0 Å². The molecule has 0 aromatic carbocycles. The number of ether oxygens (including phenoxy) is 2. The lowest BCUT2D eigenvalue weighted by atomic mass is 10.1. The molecule has 1 N–H and O–H groups in total. The van der Waals surface area contributed by atoms with Crippen molar-refractivity contribution in [2.45, 2.75) is 99.5 Å². The van der Waals surface area contributed by atoms with Gasteiger partial charge in [0, 0.05) is 45.6 Å². The second-order valence-electron chi connectivity index (χ2n) is 9.63. The van der Waals surface area contributed by atoms with Crippen LogP contribution in [0, 0.1) is 11.8 Å². The van der Waals surface area contributed by atoms with E-state index in [4.69, 9.17) is 9.47 Å². The molecular weight excluding hydrogens is 384 g/mol. The van der Waals surface area contributed by atoms with Gasteiger partial charge >= 0.3 is 0 Å². The van der Waals surface area contributed by atoms with E-state index in [1.807, 2.05) is 6.08 Å². The SMILES string of the molecule is C=CCNCCCOCCCC(C)C.CCCN(CCCOCCCC(C)C)C(C)C. The normalized spacial score (nSPS) is 11.5. The monoisotopic (exact) mass is 442 g/mol. The van der Waals surface area contributed by atoms with Crippen LogP contribution < -0.4 is 5.32 Å². The molecule has 0 atom stereocenters.